The van der Waals surface area contributed by atoms with E-state index in [0.29, 0.717) is 30.1 Å². The molecule has 1 aliphatic rings. The van der Waals surface area contributed by atoms with Gasteiger partial charge in [-0.2, -0.15) is 0 Å². The predicted molar refractivity (Wildman–Crippen MR) is 169 cm³/mol. The number of hydrogen-bond donors (Lipinski definition) is 1. The molecule has 12 nitrogen and oxygen atoms in total. The lowest BCUT2D eigenvalue weighted by Gasteiger charge is -2.24. The van der Waals surface area contributed by atoms with Crippen LogP contribution >= 0.6 is 0 Å². The Hall–Kier alpha value is -3.20. The van der Waals surface area contributed by atoms with E-state index in [0.717, 1.165) is 18.9 Å². The van der Waals surface area contributed by atoms with Crippen LogP contribution in [0.2, 0.25) is 0 Å². The van der Waals surface area contributed by atoms with E-state index in [9.17, 15) is 14.7 Å². The largest absolute Gasteiger partial charge is 0.491 e. The molecule has 0 aliphatic heterocycles. The Labute approximate surface area is 271 Å². The second kappa shape index (κ2) is 24.0. The second-order valence-electron chi connectivity index (χ2n) is 9.87. The zero-order chi connectivity index (χ0) is 33.4. The summed E-state index contributed by atoms with van der Waals surface area (Å²) in [6, 6.07) is 6.97. The Morgan fingerprint density at radius 1 is 0.826 bits per heavy atom. The number of ether oxygens (including phenoxy) is 9. The number of Topliss-reactive ketones (excluding diaryl/α,β-unsaturated/α-hetero) is 1. The summed E-state index contributed by atoms with van der Waals surface area (Å²) in [4.78, 5) is 23.8. The maximum Gasteiger partial charge on any atom is 0.330 e. The summed E-state index contributed by atoms with van der Waals surface area (Å²) in [6.07, 6.45) is 7.30. The standard InChI is InChI=1S/C34H48O12/c1-5-32(35)42-22-18-38-16-20-40-26(3)44-24-31(46-27(4)41-21-17-39-19-23-43-33(36)6-2)25-45-30-14-12-29(13-15-30)34(37)28-10-8-7-9-11-28/h5-6,8,10-15,26-27,31-32,35H,1-2,7,9,16-25H2,3-4H3. The molecule has 256 valence electrons. The normalized spacial score (nSPS) is 15.3. The average molecular weight is 649 g/mol. The van der Waals surface area contributed by atoms with E-state index in [1.165, 1.54) is 6.08 Å². The van der Waals surface area contributed by atoms with Crippen molar-refractivity contribution in [2.24, 2.45) is 0 Å². The number of hydrogen-bond acceptors (Lipinski definition) is 12. The zero-order valence-electron chi connectivity index (χ0n) is 26.8. The van der Waals surface area contributed by atoms with Crippen molar-refractivity contribution < 1.29 is 57.3 Å². The minimum absolute atomic E-state index is 0.0240. The van der Waals surface area contributed by atoms with E-state index >= 15 is 0 Å². The van der Waals surface area contributed by atoms with Crippen molar-refractivity contribution in [1.82, 2.24) is 0 Å². The molecule has 46 heavy (non-hydrogen) atoms. The average Bonchev–Trinajstić information content (AvgIpc) is 3.08. The molecule has 4 atom stereocenters. The summed E-state index contributed by atoms with van der Waals surface area (Å²) in [5, 5.41) is 9.27. The fourth-order valence-electron chi connectivity index (χ4n) is 3.87. The van der Waals surface area contributed by atoms with Crippen molar-refractivity contribution in [3.63, 3.8) is 0 Å². The molecular weight excluding hydrogens is 600 g/mol. The van der Waals surface area contributed by atoms with Gasteiger partial charge in [0.1, 0.15) is 25.1 Å². The lowest BCUT2D eigenvalue weighted by Crippen LogP contribution is -2.34. The third-order valence-corrected chi connectivity index (χ3v) is 6.23. The van der Waals surface area contributed by atoms with Crippen molar-refractivity contribution >= 4 is 11.8 Å². The first kappa shape index (κ1) is 39.0. The molecule has 0 amide bonds. The highest BCUT2D eigenvalue weighted by atomic mass is 16.7. The number of aliphatic hydroxyl groups excluding tert-OH is 1. The highest BCUT2D eigenvalue weighted by molar-refractivity contribution is 6.10. The number of ketones is 1. The SMILES string of the molecule is C=CC(=O)OCCOCCOC(C)OC(COc1ccc(C(=O)C2=CCCC=C2)cc1)COC(C)OCCOCCOC(O)C=C. The summed E-state index contributed by atoms with van der Waals surface area (Å²) >= 11 is 0. The first-order chi connectivity index (χ1) is 22.3. The van der Waals surface area contributed by atoms with Gasteiger partial charge in [-0.25, -0.2) is 4.79 Å². The molecule has 0 aromatic heterocycles. The lowest BCUT2D eigenvalue weighted by molar-refractivity contribution is -0.208. The van der Waals surface area contributed by atoms with Crippen LogP contribution in [0.5, 0.6) is 5.75 Å². The van der Waals surface area contributed by atoms with Gasteiger partial charge in [-0.15, -0.1) is 0 Å². The Kier molecular flexibility index (Phi) is 20.4. The summed E-state index contributed by atoms with van der Waals surface area (Å²) in [5.74, 6) is 0.0448. The van der Waals surface area contributed by atoms with Crippen LogP contribution in [0.1, 0.15) is 37.0 Å². The molecule has 0 fully saturated rings. The van der Waals surface area contributed by atoms with Gasteiger partial charge in [-0.1, -0.05) is 31.4 Å². The Bertz CT molecular complexity index is 1080. The van der Waals surface area contributed by atoms with E-state index < -0.39 is 30.9 Å². The molecule has 0 radical (unpaired) electrons. The smallest absolute Gasteiger partial charge is 0.330 e. The van der Waals surface area contributed by atoms with Crippen LogP contribution in [0.4, 0.5) is 0 Å². The van der Waals surface area contributed by atoms with Gasteiger partial charge in [0.05, 0.1) is 52.9 Å². The fourth-order valence-corrected chi connectivity index (χ4v) is 3.87. The molecule has 12 heteroatoms. The van der Waals surface area contributed by atoms with Gasteiger partial charge in [0, 0.05) is 17.2 Å². The van der Waals surface area contributed by atoms with Crippen molar-refractivity contribution in [3.8, 4) is 5.75 Å². The molecule has 1 aromatic carbocycles. The molecule has 0 bridgehead atoms. The molecule has 1 N–H and O–H groups in total. The topological polar surface area (TPSA) is 137 Å². The van der Waals surface area contributed by atoms with Crippen LogP contribution in [0.15, 0.2) is 73.4 Å². The number of esters is 1. The Morgan fingerprint density at radius 2 is 1.48 bits per heavy atom. The van der Waals surface area contributed by atoms with Crippen LogP contribution in [-0.4, -0.2) is 108 Å². The first-order valence-electron chi connectivity index (χ1n) is 15.3. The number of allylic oxidation sites excluding steroid dienone is 4. The van der Waals surface area contributed by atoms with Crippen molar-refractivity contribution in [3.05, 3.63) is 78.9 Å². The number of rotatable bonds is 27. The second-order valence-corrected chi connectivity index (χ2v) is 9.87. The highest BCUT2D eigenvalue weighted by Gasteiger charge is 2.18. The molecule has 1 aliphatic carbocycles. The fraction of sp³-hybridized carbons (Fsp3) is 0.529. The molecule has 4 unspecified atom stereocenters. The molecule has 2 rings (SSSR count). The van der Waals surface area contributed by atoms with Gasteiger partial charge >= 0.3 is 5.97 Å². The lowest BCUT2D eigenvalue weighted by atomic mass is 9.98. The van der Waals surface area contributed by atoms with Gasteiger partial charge in [-0.3, -0.25) is 4.79 Å². The van der Waals surface area contributed by atoms with Gasteiger partial charge in [0.2, 0.25) is 0 Å². The van der Waals surface area contributed by atoms with Crippen molar-refractivity contribution in [2.75, 3.05) is 66.1 Å². The maximum absolute atomic E-state index is 12.7. The van der Waals surface area contributed by atoms with Crippen LogP contribution in [0, 0.1) is 0 Å². The molecule has 0 heterocycles. The molecular formula is C34H48O12. The number of carbonyl (C=O) groups excluding carboxylic acids is 2. The van der Waals surface area contributed by atoms with E-state index in [1.54, 1.807) is 38.1 Å². The van der Waals surface area contributed by atoms with Gasteiger partial charge in [-0.05, 0) is 57.0 Å². The molecule has 0 saturated carbocycles. The molecule has 1 aromatic rings. The van der Waals surface area contributed by atoms with E-state index in [2.05, 4.69) is 13.2 Å². The number of aliphatic hydroxyl groups is 1. The molecule has 0 spiro atoms. The van der Waals surface area contributed by atoms with Gasteiger partial charge in [0.25, 0.3) is 0 Å². The highest BCUT2D eigenvalue weighted by Crippen LogP contribution is 2.19. The monoisotopic (exact) mass is 648 g/mol. The summed E-state index contributed by atoms with van der Waals surface area (Å²) < 4.78 is 49.9. The summed E-state index contributed by atoms with van der Waals surface area (Å²) in [5.41, 5.74) is 1.28. The summed E-state index contributed by atoms with van der Waals surface area (Å²) in [6.45, 7) is 12.6. The van der Waals surface area contributed by atoms with Crippen LogP contribution < -0.4 is 4.74 Å². The number of benzene rings is 1. The Balaban J connectivity index is 1.80. The minimum atomic E-state index is -1.01. The minimum Gasteiger partial charge on any atom is -0.491 e. The summed E-state index contributed by atoms with van der Waals surface area (Å²) in [7, 11) is 0. The van der Waals surface area contributed by atoms with E-state index in [1.807, 2.05) is 18.2 Å². The van der Waals surface area contributed by atoms with Crippen molar-refractivity contribution in [2.45, 2.75) is 51.7 Å². The van der Waals surface area contributed by atoms with E-state index in [4.69, 9.17) is 42.6 Å². The zero-order valence-corrected chi connectivity index (χ0v) is 26.8. The van der Waals surface area contributed by atoms with Gasteiger partial charge in [0.15, 0.2) is 24.7 Å². The number of carbonyl (C=O) groups is 2. The predicted octanol–water partition coefficient (Wildman–Crippen LogP) is 3.93. The van der Waals surface area contributed by atoms with Crippen LogP contribution in [0.3, 0.4) is 0 Å². The third-order valence-electron chi connectivity index (χ3n) is 6.23. The Morgan fingerprint density at radius 3 is 2.11 bits per heavy atom. The first-order valence-corrected chi connectivity index (χ1v) is 15.3. The van der Waals surface area contributed by atoms with Gasteiger partial charge < -0.3 is 47.7 Å². The quantitative estimate of drug-likeness (QED) is 0.0370. The third kappa shape index (κ3) is 17.5. The van der Waals surface area contributed by atoms with E-state index in [-0.39, 0.29) is 58.6 Å². The molecule has 0 saturated heterocycles. The van der Waals surface area contributed by atoms with Crippen LogP contribution in [-0.2, 0) is 42.7 Å². The van der Waals surface area contributed by atoms with Crippen LogP contribution in [0.25, 0.3) is 0 Å². The maximum atomic E-state index is 12.7. The van der Waals surface area contributed by atoms with Crippen molar-refractivity contribution in [1.29, 1.82) is 0 Å².